The van der Waals surface area contributed by atoms with E-state index in [9.17, 15) is 0 Å². The molecule has 0 aromatic carbocycles. The smallest absolute Gasteiger partial charge is 0.300 e. The summed E-state index contributed by atoms with van der Waals surface area (Å²) in [5.74, 6) is -2.50. The van der Waals surface area contributed by atoms with E-state index in [0.717, 1.165) is 20.8 Å². The van der Waals surface area contributed by atoms with Gasteiger partial charge in [0.15, 0.2) is 0 Å². The van der Waals surface area contributed by atoms with Crippen LogP contribution in [0.3, 0.4) is 0 Å². The minimum absolute atomic E-state index is 0. The van der Waals surface area contributed by atoms with Gasteiger partial charge in [-0.3, -0.25) is 14.4 Å². The molecule has 0 unspecified atom stereocenters. The van der Waals surface area contributed by atoms with E-state index in [1.807, 2.05) is 0 Å². The van der Waals surface area contributed by atoms with Crippen LogP contribution in [0.2, 0.25) is 0 Å². The first-order valence-corrected chi connectivity index (χ1v) is 2.78. The Morgan fingerprint density at radius 2 is 0.692 bits per heavy atom. The molecule has 0 aliphatic heterocycles. The number of hydrogen-bond donors (Lipinski definition) is 3. The van der Waals surface area contributed by atoms with Crippen molar-refractivity contribution in [1.29, 1.82) is 0 Å². The molecule has 13 heavy (non-hydrogen) atoms. The van der Waals surface area contributed by atoms with E-state index in [0.29, 0.717) is 0 Å². The minimum atomic E-state index is -0.833. The molecule has 0 aromatic rings. The third-order valence-electron chi connectivity index (χ3n) is 0. The first kappa shape index (κ1) is 23.0. The maximum absolute atomic E-state index is 9.00. The molecule has 0 rings (SSSR count). The van der Waals surface area contributed by atoms with Crippen LogP contribution in [0.5, 0.6) is 0 Å². The quantitative estimate of drug-likeness (QED) is 0.532. The number of carboxylic acid groups (broad SMARTS) is 3. The van der Waals surface area contributed by atoms with Crippen molar-refractivity contribution in [3.05, 3.63) is 0 Å². The molecule has 0 heterocycles. The van der Waals surface area contributed by atoms with E-state index in [1.165, 1.54) is 0 Å². The topological polar surface area (TPSA) is 112 Å². The third-order valence-corrected chi connectivity index (χ3v) is 0. The average molecular weight is 407 g/mol. The Labute approximate surface area is 111 Å². The maximum atomic E-state index is 9.00. The van der Waals surface area contributed by atoms with E-state index in [1.54, 1.807) is 0 Å². The molecule has 1 radical (unpaired) electrons. The number of carbonyl (C=O) groups is 3. The van der Waals surface area contributed by atoms with Crippen LogP contribution < -0.4 is 0 Å². The van der Waals surface area contributed by atoms with Crippen molar-refractivity contribution in [1.82, 2.24) is 0 Å². The molecule has 0 aliphatic rings. The molecule has 0 atom stereocenters. The van der Waals surface area contributed by atoms with E-state index in [-0.39, 0.29) is 44.1 Å². The number of hydrogen-bond acceptors (Lipinski definition) is 3. The van der Waals surface area contributed by atoms with Crippen molar-refractivity contribution in [2.45, 2.75) is 20.8 Å². The average Bonchev–Trinajstić information content (AvgIpc) is 1.54. The molecule has 6 nitrogen and oxygen atoms in total. The van der Waals surface area contributed by atoms with Gasteiger partial charge in [0.1, 0.15) is 0 Å². The summed E-state index contributed by atoms with van der Waals surface area (Å²) < 4.78 is 0. The Bertz CT molecular complexity index is 115. The standard InChI is InChI=1S/3C2H4O2.Ac/c3*1-2(3)4;/h3*1H3,(H,3,4);. The van der Waals surface area contributed by atoms with E-state index < -0.39 is 17.9 Å². The van der Waals surface area contributed by atoms with Crippen molar-refractivity contribution >= 4 is 17.9 Å². The van der Waals surface area contributed by atoms with Crippen LogP contribution in [-0.2, 0) is 14.4 Å². The SMILES string of the molecule is CC(=O)O.CC(=O)O.CC(=O)O.[Ac]. The van der Waals surface area contributed by atoms with Crippen molar-refractivity contribution in [2.24, 2.45) is 0 Å². The van der Waals surface area contributed by atoms with Crippen molar-refractivity contribution < 1.29 is 73.8 Å². The fraction of sp³-hybridized carbons (Fsp3) is 0.500. The summed E-state index contributed by atoms with van der Waals surface area (Å²) in [5, 5.41) is 22.2. The van der Waals surface area contributed by atoms with Gasteiger partial charge in [0.25, 0.3) is 17.9 Å². The zero-order valence-corrected chi connectivity index (χ0v) is 12.4. The second-order valence-corrected chi connectivity index (χ2v) is 1.56. The van der Waals surface area contributed by atoms with Gasteiger partial charge in [-0.1, -0.05) is 0 Å². The van der Waals surface area contributed by atoms with Crippen molar-refractivity contribution in [3.8, 4) is 0 Å². The van der Waals surface area contributed by atoms with Crippen LogP contribution in [0.1, 0.15) is 20.8 Å². The molecule has 0 spiro atoms. The van der Waals surface area contributed by atoms with E-state index >= 15 is 0 Å². The Morgan fingerprint density at radius 1 is 0.692 bits per heavy atom. The van der Waals surface area contributed by atoms with Gasteiger partial charge in [0.05, 0.1) is 0 Å². The number of carboxylic acids is 3. The summed E-state index contributed by atoms with van der Waals surface area (Å²) >= 11 is 0. The molecule has 75 valence electrons. The summed E-state index contributed by atoms with van der Waals surface area (Å²) in [4.78, 5) is 27.0. The van der Waals surface area contributed by atoms with E-state index in [4.69, 9.17) is 29.7 Å². The molecule has 0 saturated carbocycles. The fourth-order valence-electron chi connectivity index (χ4n) is 0. The van der Waals surface area contributed by atoms with Gasteiger partial charge in [0.2, 0.25) is 0 Å². The van der Waals surface area contributed by atoms with Crippen molar-refractivity contribution in [3.63, 3.8) is 0 Å². The normalized spacial score (nSPS) is 5.77. The van der Waals surface area contributed by atoms with Crippen LogP contribution in [0.4, 0.5) is 0 Å². The van der Waals surface area contributed by atoms with Gasteiger partial charge < -0.3 is 15.3 Å². The molecule has 0 aromatic heterocycles. The number of rotatable bonds is 0. The summed E-state index contributed by atoms with van der Waals surface area (Å²) in [5.41, 5.74) is 0. The molecule has 0 saturated heterocycles. The first-order chi connectivity index (χ1) is 5.20. The van der Waals surface area contributed by atoms with Crippen LogP contribution in [0.25, 0.3) is 0 Å². The van der Waals surface area contributed by atoms with Gasteiger partial charge in [-0.05, 0) is 0 Å². The zero-order chi connectivity index (χ0) is 10.7. The molecule has 7 heteroatoms. The van der Waals surface area contributed by atoms with Gasteiger partial charge in [-0.2, -0.15) is 0 Å². The summed E-state index contributed by atoms with van der Waals surface area (Å²) in [6, 6.07) is 0. The second-order valence-electron chi connectivity index (χ2n) is 1.56. The monoisotopic (exact) mass is 407 g/mol. The molecule has 0 aliphatic carbocycles. The van der Waals surface area contributed by atoms with Gasteiger partial charge in [-0.15, -0.1) is 0 Å². The zero-order valence-electron chi connectivity index (χ0n) is 7.64. The second kappa shape index (κ2) is 17.8. The Kier molecular flexibility index (Phi) is 31.6. The summed E-state index contributed by atoms with van der Waals surface area (Å²) in [6.45, 7) is 3.25. The van der Waals surface area contributed by atoms with Crippen LogP contribution in [0, 0.1) is 44.1 Å². The summed E-state index contributed by atoms with van der Waals surface area (Å²) in [6.07, 6.45) is 0. The van der Waals surface area contributed by atoms with Gasteiger partial charge in [-0.25, -0.2) is 0 Å². The van der Waals surface area contributed by atoms with Crippen molar-refractivity contribution in [2.75, 3.05) is 0 Å². The molecular formula is C6H12AcO6. The molecule has 0 fully saturated rings. The Hall–Kier alpha value is -0.148. The van der Waals surface area contributed by atoms with Crippen LogP contribution in [0.15, 0.2) is 0 Å². The molecular weight excluding hydrogens is 395 g/mol. The molecule has 3 N–H and O–H groups in total. The van der Waals surface area contributed by atoms with E-state index in [2.05, 4.69) is 0 Å². The van der Waals surface area contributed by atoms with Crippen LogP contribution in [-0.4, -0.2) is 33.2 Å². The molecule has 0 bridgehead atoms. The minimum Gasteiger partial charge on any atom is -0.481 e. The van der Waals surface area contributed by atoms with Gasteiger partial charge >= 0.3 is 0 Å². The first-order valence-electron chi connectivity index (χ1n) is 2.78. The maximum Gasteiger partial charge on any atom is 0.300 e. The number of aliphatic carboxylic acids is 3. The van der Waals surface area contributed by atoms with Gasteiger partial charge in [0, 0.05) is 64.8 Å². The predicted molar refractivity (Wildman–Crippen MR) is 39.9 cm³/mol. The Balaban J connectivity index is -0.0000000450. The fourth-order valence-corrected chi connectivity index (χ4v) is 0. The largest absolute Gasteiger partial charge is 0.481 e. The third kappa shape index (κ3) is 52200. The Morgan fingerprint density at radius 3 is 0.692 bits per heavy atom. The predicted octanol–water partition coefficient (Wildman–Crippen LogP) is 0.273. The van der Waals surface area contributed by atoms with Crippen LogP contribution >= 0.6 is 0 Å². The summed E-state index contributed by atoms with van der Waals surface area (Å²) in [7, 11) is 0. The molecule has 0 amide bonds.